The maximum absolute atomic E-state index is 3.63. The van der Waals surface area contributed by atoms with E-state index in [-0.39, 0.29) is 0 Å². The van der Waals surface area contributed by atoms with Crippen molar-refractivity contribution >= 4 is 22.6 Å². The maximum Gasteiger partial charge on any atom is 0.0148 e. The van der Waals surface area contributed by atoms with Gasteiger partial charge >= 0.3 is 0 Å². The molecule has 2 aromatic rings. The van der Waals surface area contributed by atoms with Crippen molar-refractivity contribution < 1.29 is 0 Å². The maximum atomic E-state index is 3.63. The summed E-state index contributed by atoms with van der Waals surface area (Å²) in [7, 11) is 0. The smallest absolute Gasteiger partial charge is 0.0148 e. The molecular formula is C19H24IN. The molecule has 0 amide bonds. The predicted octanol–water partition coefficient (Wildman–Crippen LogP) is 4.67. The lowest BCUT2D eigenvalue weighted by molar-refractivity contribution is 0.521. The summed E-state index contributed by atoms with van der Waals surface area (Å²) >= 11 is 2.36. The summed E-state index contributed by atoms with van der Waals surface area (Å²) in [6.07, 6.45) is 2.17. The minimum Gasteiger partial charge on any atom is -0.314 e. The van der Waals surface area contributed by atoms with Crippen molar-refractivity contribution in [3.05, 3.63) is 68.3 Å². The Hall–Kier alpha value is -0.870. The number of rotatable bonds is 6. The lowest BCUT2D eigenvalue weighted by Gasteiger charge is -2.19. The Morgan fingerprint density at radius 1 is 0.905 bits per heavy atom. The fraction of sp³-hybridized carbons (Fsp3) is 0.368. The zero-order valence-electron chi connectivity index (χ0n) is 13.1. The van der Waals surface area contributed by atoms with E-state index in [1.165, 1.54) is 25.8 Å². The number of halogens is 1. The van der Waals surface area contributed by atoms with E-state index in [0.29, 0.717) is 6.04 Å². The molecule has 112 valence electrons. The van der Waals surface area contributed by atoms with Crippen LogP contribution < -0.4 is 5.32 Å². The Labute approximate surface area is 142 Å². The average molecular weight is 393 g/mol. The quantitative estimate of drug-likeness (QED) is 0.704. The van der Waals surface area contributed by atoms with Gasteiger partial charge in [-0.05, 0) is 90.2 Å². The van der Waals surface area contributed by atoms with Gasteiger partial charge in [-0.3, -0.25) is 0 Å². The van der Waals surface area contributed by atoms with Crippen LogP contribution in [0, 0.1) is 17.4 Å². The molecule has 0 heterocycles. The van der Waals surface area contributed by atoms with Gasteiger partial charge in [0.15, 0.2) is 0 Å². The largest absolute Gasteiger partial charge is 0.314 e. The van der Waals surface area contributed by atoms with Gasteiger partial charge in [0.1, 0.15) is 0 Å². The second kappa shape index (κ2) is 7.95. The number of nitrogens with one attached hydrogen (secondary N) is 1. The van der Waals surface area contributed by atoms with Gasteiger partial charge < -0.3 is 5.32 Å². The highest BCUT2D eigenvalue weighted by molar-refractivity contribution is 14.1. The third kappa shape index (κ3) is 5.11. The third-order valence-corrected chi connectivity index (χ3v) is 4.66. The number of aryl methyl sites for hydroxylation is 2. The molecule has 0 saturated heterocycles. The van der Waals surface area contributed by atoms with E-state index in [1.54, 1.807) is 0 Å². The first-order chi connectivity index (χ1) is 10.1. The van der Waals surface area contributed by atoms with Crippen LogP contribution in [0.4, 0.5) is 0 Å². The van der Waals surface area contributed by atoms with Gasteiger partial charge in [0.05, 0.1) is 0 Å². The zero-order chi connectivity index (χ0) is 15.2. The molecule has 21 heavy (non-hydrogen) atoms. The van der Waals surface area contributed by atoms with Crippen LogP contribution in [0.2, 0.25) is 0 Å². The molecule has 1 nitrogen and oxygen atoms in total. The first-order valence-electron chi connectivity index (χ1n) is 7.62. The number of hydrogen-bond acceptors (Lipinski definition) is 1. The Morgan fingerprint density at radius 2 is 1.52 bits per heavy atom. The fourth-order valence-electron chi connectivity index (χ4n) is 2.63. The monoisotopic (exact) mass is 393 g/mol. The van der Waals surface area contributed by atoms with Gasteiger partial charge in [-0.15, -0.1) is 0 Å². The van der Waals surface area contributed by atoms with Crippen molar-refractivity contribution in [3.63, 3.8) is 0 Å². The van der Waals surface area contributed by atoms with Crippen molar-refractivity contribution in [1.29, 1.82) is 0 Å². The summed E-state index contributed by atoms with van der Waals surface area (Å²) in [6.45, 7) is 7.56. The van der Waals surface area contributed by atoms with Crippen LogP contribution in [0.1, 0.15) is 29.2 Å². The lowest BCUT2D eigenvalue weighted by atomic mass is 9.97. The number of likely N-dealkylation sites (N-methyl/N-ethyl adjacent to an activating group) is 1. The van der Waals surface area contributed by atoms with Crippen LogP contribution in [0.3, 0.4) is 0 Å². The Kier molecular flexibility index (Phi) is 6.24. The molecule has 0 bridgehead atoms. The van der Waals surface area contributed by atoms with Gasteiger partial charge in [-0.1, -0.05) is 37.3 Å². The number of benzene rings is 2. The highest BCUT2D eigenvalue weighted by Crippen LogP contribution is 2.14. The van der Waals surface area contributed by atoms with Gasteiger partial charge in [-0.2, -0.15) is 0 Å². The van der Waals surface area contributed by atoms with Crippen molar-refractivity contribution in [1.82, 2.24) is 5.32 Å². The van der Waals surface area contributed by atoms with Crippen LogP contribution in [-0.2, 0) is 12.8 Å². The molecule has 0 aromatic heterocycles. The minimum absolute atomic E-state index is 0.497. The minimum atomic E-state index is 0.497. The van der Waals surface area contributed by atoms with E-state index >= 15 is 0 Å². The molecule has 0 radical (unpaired) electrons. The molecule has 1 N–H and O–H groups in total. The van der Waals surface area contributed by atoms with Gasteiger partial charge in [0.2, 0.25) is 0 Å². The topological polar surface area (TPSA) is 12.0 Å². The highest BCUT2D eigenvalue weighted by atomic mass is 127. The fourth-order valence-corrected chi connectivity index (χ4v) is 2.98. The van der Waals surface area contributed by atoms with E-state index in [1.807, 2.05) is 0 Å². The molecule has 1 unspecified atom stereocenters. The predicted molar refractivity (Wildman–Crippen MR) is 99.9 cm³/mol. The molecule has 2 rings (SSSR count). The van der Waals surface area contributed by atoms with Crippen LogP contribution in [0.5, 0.6) is 0 Å². The highest BCUT2D eigenvalue weighted by Gasteiger charge is 2.10. The second-order valence-corrected chi connectivity index (χ2v) is 6.95. The summed E-state index contributed by atoms with van der Waals surface area (Å²) in [5.41, 5.74) is 5.59. The molecule has 2 aromatic carbocycles. The van der Waals surface area contributed by atoms with E-state index in [0.717, 1.165) is 19.4 Å². The average Bonchev–Trinajstić information content (AvgIpc) is 2.46. The second-order valence-electron chi connectivity index (χ2n) is 5.71. The normalized spacial score (nSPS) is 12.4. The molecule has 0 saturated carbocycles. The molecule has 0 aliphatic heterocycles. The van der Waals surface area contributed by atoms with Crippen molar-refractivity contribution in [2.75, 3.05) is 6.54 Å². The molecule has 0 fully saturated rings. The van der Waals surface area contributed by atoms with E-state index in [2.05, 4.69) is 91.1 Å². The van der Waals surface area contributed by atoms with Gasteiger partial charge in [0, 0.05) is 9.61 Å². The van der Waals surface area contributed by atoms with Crippen LogP contribution in [-0.4, -0.2) is 12.6 Å². The number of hydrogen-bond donors (Lipinski definition) is 1. The molecule has 0 aliphatic carbocycles. The summed E-state index contributed by atoms with van der Waals surface area (Å²) in [5, 5.41) is 3.63. The SMILES string of the molecule is CCNC(Cc1ccc(I)cc1)Cc1ccc(C)c(C)c1. The van der Waals surface area contributed by atoms with Crippen LogP contribution in [0.25, 0.3) is 0 Å². The van der Waals surface area contributed by atoms with Crippen LogP contribution in [0.15, 0.2) is 42.5 Å². The zero-order valence-corrected chi connectivity index (χ0v) is 15.3. The Balaban J connectivity index is 2.07. The Bertz CT molecular complexity index is 575. The molecular weight excluding hydrogens is 369 g/mol. The van der Waals surface area contributed by atoms with Crippen molar-refractivity contribution in [3.8, 4) is 0 Å². The third-order valence-electron chi connectivity index (χ3n) is 3.94. The lowest BCUT2D eigenvalue weighted by Crippen LogP contribution is -2.33. The van der Waals surface area contributed by atoms with E-state index in [4.69, 9.17) is 0 Å². The van der Waals surface area contributed by atoms with Crippen LogP contribution >= 0.6 is 22.6 Å². The molecule has 0 spiro atoms. The molecule has 1 atom stereocenters. The Morgan fingerprint density at radius 3 is 2.14 bits per heavy atom. The summed E-state index contributed by atoms with van der Waals surface area (Å²) < 4.78 is 1.30. The van der Waals surface area contributed by atoms with Crippen molar-refractivity contribution in [2.24, 2.45) is 0 Å². The molecule has 0 aliphatic rings. The summed E-state index contributed by atoms with van der Waals surface area (Å²) in [5.74, 6) is 0. The van der Waals surface area contributed by atoms with E-state index in [9.17, 15) is 0 Å². The van der Waals surface area contributed by atoms with Gasteiger partial charge in [0.25, 0.3) is 0 Å². The van der Waals surface area contributed by atoms with Gasteiger partial charge in [-0.25, -0.2) is 0 Å². The molecule has 2 heteroatoms. The first-order valence-corrected chi connectivity index (χ1v) is 8.70. The first kappa shape index (κ1) is 16.5. The standard InChI is InChI=1S/C19H24IN/c1-4-21-19(12-16-7-9-18(20)10-8-16)13-17-6-5-14(2)15(3)11-17/h5-11,19,21H,4,12-13H2,1-3H3. The van der Waals surface area contributed by atoms with E-state index < -0.39 is 0 Å². The van der Waals surface area contributed by atoms with Crippen molar-refractivity contribution in [2.45, 2.75) is 39.7 Å². The summed E-state index contributed by atoms with van der Waals surface area (Å²) in [4.78, 5) is 0. The summed E-state index contributed by atoms with van der Waals surface area (Å²) in [6, 6.07) is 16.2.